The van der Waals surface area contributed by atoms with Gasteiger partial charge in [-0.2, -0.15) is 0 Å². The molecule has 0 bridgehead atoms. The first kappa shape index (κ1) is 20.9. The topological polar surface area (TPSA) is 97.9 Å². The molecule has 28 heavy (non-hydrogen) atoms. The normalized spacial score (nSPS) is 10.0. The fourth-order valence-electron chi connectivity index (χ4n) is 2.62. The first-order valence-corrected chi connectivity index (χ1v) is 8.68. The largest absolute Gasteiger partial charge is 0.493 e. The van der Waals surface area contributed by atoms with Crippen molar-refractivity contribution in [2.24, 2.45) is 0 Å². The number of hydrogen-bond donors (Lipinski definition) is 3. The molecule has 0 heterocycles. The fourth-order valence-corrected chi connectivity index (χ4v) is 2.62. The predicted octanol–water partition coefficient (Wildman–Crippen LogP) is 3.04. The fraction of sp³-hybridized carbons (Fsp3) is 0.300. The molecule has 3 amide bonds. The van der Waals surface area contributed by atoms with Gasteiger partial charge in [0.2, 0.25) is 11.7 Å². The molecule has 0 aliphatic heterocycles. The molecule has 0 saturated carbocycles. The van der Waals surface area contributed by atoms with Crippen LogP contribution in [0.4, 0.5) is 16.2 Å². The van der Waals surface area contributed by atoms with Crippen LogP contribution in [0, 0.1) is 0 Å². The lowest BCUT2D eigenvalue weighted by atomic mass is 10.1. The second-order valence-electron chi connectivity index (χ2n) is 5.92. The van der Waals surface area contributed by atoms with E-state index >= 15 is 0 Å². The molecule has 8 heteroatoms. The zero-order valence-corrected chi connectivity index (χ0v) is 16.4. The molecule has 0 spiro atoms. The van der Waals surface area contributed by atoms with Crippen molar-refractivity contribution in [3.63, 3.8) is 0 Å². The Bertz CT molecular complexity index is 796. The van der Waals surface area contributed by atoms with E-state index in [0.717, 1.165) is 5.56 Å². The van der Waals surface area contributed by atoms with Crippen molar-refractivity contribution < 1.29 is 23.8 Å². The van der Waals surface area contributed by atoms with Crippen molar-refractivity contribution in [2.45, 2.75) is 13.3 Å². The van der Waals surface area contributed by atoms with Crippen molar-refractivity contribution in [2.75, 3.05) is 38.5 Å². The Kier molecular flexibility index (Phi) is 7.50. The van der Waals surface area contributed by atoms with Gasteiger partial charge in [-0.05, 0) is 48.4 Å². The van der Waals surface area contributed by atoms with E-state index in [1.54, 1.807) is 45.6 Å². The van der Waals surface area contributed by atoms with Crippen LogP contribution in [0.1, 0.15) is 12.5 Å². The molecule has 0 radical (unpaired) electrons. The number of methoxy groups -OCH3 is 3. The molecule has 0 fully saturated rings. The van der Waals surface area contributed by atoms with Gasteiger partial charge in [0.25, 0.3) is 0 Å². The van der Waals surface area contributed by atoms with Crippen LogP contribution in [0.2, 0.25) is 0 Å². The molecular weight excluding hydrogens is 362 g/mol. The average Bonchev–Trinajstić information content (AvgIpc) is 2.68. The van der Waals surface area contributed by atoms with Crippen LogP contribution in [0.25, 0.3) is 0 Å². The summed E-state index contributed by atoms with van der Waals surface area (Å²) in [7, 11) is 4.67. The van der Waals surface area contributed by atoms with E-state index < -0.39 is 0 Å². The van der Waals surface area contributed by atoms with Crippen molar-refractivity contribution in [3.05, 3.63) is 42.0 Å². The van der Waals surface area contributed by atoms with Gasteiger partial charge >= 0.3 is 6.03 Å². The van der Waals surface area contributed by atoms with Gasteiger partial charge in [0, 0.05) is 24.8 Å². The summed E-state index contributed by atoms with van der Waals surface area (Å²) >= 11 is 0. The van der Waals surface area contributed by atoms with Gasteiger partial charge in [-0.25, -0.2) is 4.79 Å². The highest BCUT2D eigenvalue weighted by Gasteiger charge is 2.13. The third-order valence-corrected chi connectivity index (χ3v) is 3.89. The molecule has 2 aromatic carbocycles. The summed E-state index contributed by atoms with van der Waals surface area (Å²) in [6, 6.07) is 10.2. The van der Waals surface area contributed by atoms with Crippen LogP contribution in [-0.2, 0) is 11.2 Å². The Balaban J connectivity index is 1.89. The standard InChI is InChI=1S/C20H25N3O5/c1-13(24)22-15-5-7-16(8-6-15)23-20(25)21-10-9-14-11-17(26-2)19(28-4)18(12-14)27-3/h5-8,11-12H,9-10H2,1-4H3,(H,22,24)(H2,21,23,25). The Morgan fingerprint density at radius 3 is 1.86 bits per heavy atom. The second-order valence-corrected chi connectivity index (χ2v) is 5.92. The summed E-state index contributed by atoms with van der Waals surface area (Å²) in [5.41, 5.74) is 2.23. The second kappa shape index (κ2) is 10.1. The summed E-state index contributed by atoms with van der Waals surface area (Å²) in [6.07, 6.45) is 0.589. The van der Waals surface area contributed by atoms with Gasteiger partial charge in [-0.3, -0.25) is 4.79 Å². The number of rotatable bonds is 8. The van der Waals surface area contributed by atoms with Crippen LogP contribution in [-0.4, -0.2) is 39.8 Å². The minimum absolute atomic E-state index is 0.148. The maximum atomic E-state index is 12.1. The summed E-state index contributed by atoms with van der Waals surface area (Å²) in [4.78, 5) is 23.1. The molecular formula is C20H25N3O5. The van der Waals surface area contributed by atoms with Crippen molar-refractivity contribution in [3.8, 4) is 17.2 Å². The number of anilines is 2. The molecule has 0 aliphatic carbocycles. The molecule has 0 unspecified atom stereocenters. The third kappa shape index (κ3) is 5.80. The molecule has 0 saturated heterocycles. The Labute approximate surface area is 164 Å². The van der Waals surface area contributed by atoms with Crippen LogP contribution < -0.4 is 30.2 Å². The van der Waals surface area contributed by atoms with Crippen LogP contribution in [0.15, 0.2) is 36.4 Å². The summed E-state index contributed by atoms with van der Waals surface area (Å²) in [6.45, 7) is 1.86. The van der Waals surface area contributed by atoms with Crippen LogP contribution in [0.3, 0.4) is 0 Å². The first-order chi connectivity index (χ1) is 13.5. The number of urea groups is 1. The van der Waals surface area contributed by atoms with Crippen LogP contribution >= 0.6 is 0 Å². The van der Waals surface area contributed by atoms with E-state index in [0.29, 0.717) is 41.6 Å². The lowest BCUT2D eigenvalue weighted by molar-refractivity contribution is -0.114. The van der Waals surface area contributed by atoms with E-state index in [9.17, 15) is 9.59 Å². The molecule has 3 N–H and O–H groups in total. The maximum Gasteiger partial charge on any atom is 0.319 e. The highest BCUT2D eigenvalue weighted by Crippen LogP contribution is 2.38. The zero-order valence-electron chi connectivity index (χ0n) is 16.4. The zero-order chi connectivity index (χ0) is 20.5. The van der Waals surface area contributed by atoms with Gasteiger partial charge in [-0.15, -0.1) is 0 Å². The smallest absolute Gasteiger partial charge is 0.319 e. The Hall–Kier alpha value is -3.42. The van der Waals surface area contributed by atoms with E-state index in [4.69, 9.17) is 14.2 Å². The number of hydrogen-bond acceptors (Lipinski definition) is 5. The van der Waals surface area contributed by atoms with E-state index in [1.165, 1.54) is 6.92 Å². The number of amides is 3. The lowest BCUT2D eigenvalue weighted by Crippen LogP contribution is -2.30. The molecule has 0 aromatic heterocycles. The van der Waals surface area contributed by atoms with Gasteiger partial charge in [-0.1, -0.05) is 0 Å². The lowest BCUT2D eigenvalue weighted by Gasteiger charge is -2.14. The molecule has 8 nitrogen and oxygen atoms in total. The highest BCUT2D eigenvalue weighted by atomic mass is 16.5. The van der Waals surface area contributed by atoms with Gasteiger partial charge in [0.15, 0.2) is 11.5 Å². The first-order valence-electron chi connectivity index (χ1n) is 8.68. The van der Waals surface area contributed by atoms with Crippen molar-refractivity contribution in [1.29, 1.82) is 0 Å². The summed E-state index contributed by atoms with van der Waals surface area (Å²) < 4.78 is 16.0. The SMILES string of the molecule is COc1cc(CCNC(=O)Nc2ccc(NC(C)=O)cc2)cc(OC)c1OC. The number of benzene rings is 2. The minimum Gasteiger partial charge on any atom is -0.493 e. The molecule has 2 rings (SSSR count). The summed E-state index contributed by atoms with van der Waals surface area (Å²) in [5, 5.41) is 8.21. The molecule has 0 atom stereocenters. The third-order valence-electron chi connectivity index (χ3n) is 3.89. The number of carbonyl (C=O) groups is 2. The number of nitrogens with one attached hydrogen (secondary N) is 3. The monoisotopic (exact) mass is 387 g/mol. The van der Waals surface area contributed by atoms with E-state index in [1.807, 2.05) is 12.1 Å². The minimum atomic E-state index is -0.320. The van der Waals surface area contributed by atoms with Crippen LogP contribution in [0.5, 0.6) is 17.2 Å². The average molecular weight is 387 g/mol. The van der Waals surface area contributed by atoms with Gasteiger partial charge in [0.05, 0.1) is 21.3 Å². The highest BCUT2D eigenvalue weighted by molar-refractivity contribution is 5.91. The molecule has 150 valence electrons. The Morgan fingerprint density at radius 1 is 0.857 bits per heavy atom. The van der Waals surface area contributed by atoms with Gasteiger partial charge in [0.1, 0.15) is 0 Å². The summed E-state index contributed by atoms with van der Waals surface area (Å²) in [5.74, 6) is 1.52. The van der Waals surface area contributed by atoms with Crippen molar-refractivity contribution >= 4 is 23.3 Å². The predicted molar refractivity (Wildman–Crippen MR) is 108 cm³/mol. The molecule has 0 aliphatic rings. The Morgan fingerprint density at radius 2 is 1.39 bits per heavy atom. The van der Waals surface area contributed by atoms with E-state index in [2.05, 4.69) is 16.0 Å². The molecule has 2 aromatic rings. The quantitative estimate of drug-likeness (QED) is 0.647. The number of carbonyl (C=O) groups excluding carboxylic acids is 2. The van der Waals surface area contributed by atoms with Crippen molar-refractivity contribution in [1.82, 2.24) is 5.32 Å². The number of ether oxygens (including phenoxy) is 3. The maximum absolute atomic E-state index is 12.1. The van der Waals surface area contributed by atoms with E-state index in [-0.39, 0.29) is 11.9 Å². The van der Waals surface area contributed by atoms with Gasteiger partial charge < -0.3 is 30.2 Å².